The van der Waals surface area contributed by atoms with Crippen molar-refractivity contribution < 1.29 is 9.90 Å². The van der Waals surface area contributed by atoms with Crippen LogP contribution in [-0.2, 0) is 0 Å². The van der Waals surface area contributed by atoms with E-state index in [0.717, 1.165) is 12.0 Å². The van der Waals surface area contributed by atoms with Gasteiger partial charge in [-0.15, -0.1) is 0 Å². The second-order valence-corrected chi connectivity index (χ2v) is 6.61. The van der Waals surface area contributed by atoms with E-state index >= 15 is 0 Å². The van der Waals surface area contributed by atoms with Gasteiger partial charge in [0.2, 0.25) is 0 Å². The van der Waals surface area contributed by atoms with E-state index in [4.69, 9.17) is 11.5 Å². The lowest BCUT2D eigenvalue weighted by atomic mass is 10.1. The van der Waals surface area contributed by atoms with Crippen LogP contribution in [0, 0.1) is 13.8 Å². The molecule has 2 aromatic heterocycles. The zero-order valence-corrected chi connectivity index (χ0v) is 15.4. The predicted molar refractivity (Wildman–Crippen MR) is 102 cm³/mol. The number of benzene rings is 1. The summed E-state index contributed by atoms with van der Waals surface area (Å²) in [5.74, 6) is 0.530. The molecule has 0 aliphatic rings. The van der Waals surface area contributed by atoms with Crippen LogP contribution in [0.5, 0.6) is 5.75 Å². The van der Waals surface area contributed by atoms with Crippen LogP contribution in [0.2, 0.25) is 0 Å². The van der Waals surface area contributed by atoms with E-state index in [9.17, 15) is 9.90 Å². The highest BCUT2D eigenvalue weighted by atomic mass is 16.3. The minimum Gasteiger partial charge on any atom is -0.508 e. The fourth-order valence-corrected chi connectivity index (χ4v) is 3.17. The molecule has 0 radical (unpaired) electrons. The van der Waals surface area contributed by atoms with E-state index in [1.807, 2.05) is 13.8 Å². The first-order valence-corrected chi connectivity index (χ1v) is 8.54. The van der Waals surface area contributed by atoms with Gasteiger partial charge in [-0.2, -0.15) is 0 Å². The number of phenolic OH excluding ortho intramolecular Hbond substituents is 1. The number of nitrogens with two attached hydrogens (primary N) is 2. The summed E-state index contributed by atoms with van der Waals surface area (Å²) in [4.78, 5) is 21.1. The molecule has 0 aliphatic carbocycles. The molecule has 0 saturated heterocycles. The maximum Gasteiger partial charge on any atom is 0.253 e. The Morgan fingerprint density at radius 3 is 2.65 bits per heavy atom. The molecule has 0 aliphatic heterocycles. The number of fused-ring (bicyclic) bond motifs is 1. The van der Waals surface area contributed by atoms with Gasteiger partial charge in [-0.1, -0.05) is 19.9 Å². The number of rotatable bonds is 4. The summed E-state index contributed by atoms with van der Waals surface area (Å²) >= 11 is 0. The number of primary amides is 1. The molecule has 3 aromatic rings. The van der Waals surface area contributed by atoms with Crippen molar-refractivity contribution >= 4 is 22.8 Å². The number of nitrogen functional groups attached to an aromatic ring is 1. The zero-order valence-electron chi connectivity index (χ0n) is 15.4. The van der Waals surface area contributed by atoms with E-state index in [1.165, 1.54) is 0 Å². The molecule has 0 bridgehead atoms. The smallest absolute Gasteiger partial charge is 0.253 e. The number of aryl methyl sites for hydroxylation is 1. The first kappa shape index (κ1) is 17.7. The van der Waals surface area contributed by atoms with Gasteiger partial charge in [-0.25, -0.2) is 9.97 Å². The second kappa shape index (κ2) is 6.33. The molecule has 26 heavy (non-hydrogen) atoms. The Labute approximate surface area is 151 Å². The average Bonchev–Trinajstić information content (AvgIpc) is 2.89. The molecule has 3 rings (SSSR count). The van der Waals surface area contributed by atoms with Gasteiger partial charge in [0.05, 0.1) is 16.6 Å². The number of aromatic nitrogens is 3. The Morgan fingerprint density at radius 2 is 2.04 bits per heavy atom. The van der Waals surface area contributed by atoms with Crippen LogP contribution in [0.15, 0.2) is 18.3 Å². The number of phenols is 1. The molecule has 136 valence electrons. The number of nitrogens with zero attached hydrogens (tertiary/aromatic N) is 3. The van der Waals surface area contributed by atoms with E-state index in [-0.39, 0.29) is 23.0 Å². The molecule has 0 saturated carbocycles. The molecule has 1 aromatic carbocycles. The standard InChI is InChI=1S/C19H23N5O2/c1-5-9(2)18-22-8-12-14(17(21)26)16(20)24(19(12)23-18)15-10(3)6-7-13(25)11(15)4/h6-9,25H,5,20H2,1-4H3,(H2,21,26). The van der Waals surface area contributed by atoms with E-state index in [1.54, 1.807) is 29.8 Å². The third-order valence-corrected chi connectivity index (χ3v) is 4.89. The van der Waals surface area contributed by atoms with Crippen LogP contribution >= 0.6 is 0 Å². The molecule has 0 fully saturated rings. The van der Waals surface area contributed by atoms with Crippen LogP contribution in [0.25, 0.3) is 16.7 Å². The molecule has 5 N–H and O–H groups in total. The summed E-state index contributed by atoms with van der Waals surface area (Å²) in [5.41, 5.74) is 14.8. The normalized spacial score (nSPS) is 12.5. The minimum absolute atomic E-state index is 0.142. The largest absolute Gasteiger partial charge is 0.508 e. The number of carbonyl (C=O) groups excluding carboxylic acids is 1. The number of hydrogen-bond acceptors (Lipinski definition) is 5. The van der Waals surface area contributed by atoms with Crippen LogP contribution in [-0.4, -0.2) is 25.5 Å². The Morgan fingerprint density at radius 1 is 1.35 bits per heavy atom. The SMILES string of the molecule is CCC(C)c1ncc2c(C(N)=O)c(N)n(-c3c(C)ccc(O)c3C)c2n1. The topological polar surface area (TPSA) is 120 Å². The van der Waals surface area contributed by atoms with Crippen molar-refractivity contribution in [1.29, 1.82) is 0 Å². The fraction of sp³-hybridized carbons (Fsp3) is 0.316. The fourth-order valence-electron chi connectivity index (χ4n) is 3.17. The summed E-state index contributed by atoms with van der Waals surface area (Å²) in [6.45, 7) is 7.80. The van der Waals surface area contributed by atoms with Crippen molar-refractivity contribution in [2.45, 2.75) is 40.0 Å². The highest BCUT2D eigenvalue weighted by Crippen LogP contribution is 2.35. The van der Waals surface area contributed by atoms with Gasteiger partial charge in [0.1, 0.15) is 17.4 Å². The Bertz CT molecular complexity index is 1020. The van der Waals surface area contributed by atoms with E-state index < -0.39 is 5.91 Å². The number of amides is 1. The molecule has 7 nitrogen and oxygen atoms in total. The Kier molecular flexibility index (Phi) is 4.31. The third-order valence-electron chi connectivity index (χ3n) is 4.89. The molecule has 1 atom stereocenters. The summed E-state index contributed by atoms with van der Waals surface area (Å²) in [6.07, 6.45) is 2.48. The summed E-state index contributed by atoms with van der Waals surface area (Å²) < 4.78 is 1.69. The lowest BCUT2D eigenvalue weighted by molar-refractivity contribution is 0.100. The van der Waals surface area contributed by atoms with Crippen LogP contribution in [0.1, 0.15) is 53.5 Å². The maximum atomic E-state index is 12.0. The molecule has 0 spiro atoms. The van der Waals surface area contributed by atoms with E-state index in [2.05, 4.69) is 16.9 Å². The van der Waals surface area contributed by atoms with Crippen molar-refractivity contribution in [3.05, 3.63) is 40.8 Å². The number of anilines is 1. The summed E-state index contributed by atoms with van der Waals surface area (Å²) in [5, 5.41) is 10.7. The molecular formula is C19H23N5O2. The van der Waals surface area contributed by atoms with Gasteiger partial charge in [-0.05, 0) is 31.9 Å². The van der Waals surface area contributed by atoms with Crippen LogP contribution in [0.4, 0.5) is 5.82 Å². The summed E-state index contributed by atoms with van der Waals surface area (Å²) in [7, 11) is 0. The quantitative estimate of drug-likeness (QED) is 0.666. The number of hydrogen-bond donors (Lipinski definition) is 3. The van der Waals surface area contributed by atoms with Crippen molar-refractivity contribution in [2.75, 3.05) is 5.73 Å². The Hall–Kier alpha value is -3.09. The lowest BCUT2D eigenvalue weighted by Crippen LogP contribution is -2.14. The van der Waals surface area contributed by atoms with Crippen molar-refractivity contribution in [2.24, 2.45) is 5.73 Å². The second-order valence-electron chi connectivity index (χ2n) is 6.61. The van der Waals surface area contributed by atoms with Gasteiger partial charge >= 0.3 is 0 Å². The third kappa shape index (κ3) is 2.56. The number of carbonyl (C=O) groups is 1. The minimum atomic E-state index is -0.637. The van der Waals surface area contributed by atoms with Gasteiger partial charge in [-0.3, -0.25) is 9.36 Å². The van der Waals surface area contributed by atoms with Crippen LogP contribution < -0.4 is 11.5 Å². The van der Waals surface area contributed by atoms with Crippen LogP contribution in [0.3, 0.4) is 0 Å². The van der Waals surface area contributed by atoms with Gasteiger partial charge in [0, 0.05) is 17.7 Å². The highest BCUT2D eigenvalue weighted by Gasteiger charge is 2.24. The average molecular weight is 353 g/mol. The highest BCUT2D eigenvalue weighted by molar-refractivity contribution is 6.10. The lowest BCUT2D eigenvalue weighted by Gasteiger charge is -2.15. The summed E-state index contributed by atoms with van der Waals surface area (Å²) in [6, 6.07) is 3.42. The molecule has 1 unspecified atom stereocenters. The molecule has 1 amide bonds. The Balaban J connectivity index is 2.47. The zero-order chi connectivity index (χ0) is 19.2. The van der Waals surface area contributed by atoms with Crippen molar-refractivity contribution in [1.82, 2.24) is 14.5 Å². The molecule has 2 heterocycles. The van der Waals surface area contributed by atoms with Gasteiger partial charge < -0.3 is 16.6 Å². The van der Waals surface area contributed by atoms with Gasteiger partial charge in [0.15, 0.2) is 5.65 Å². The van der Waals surface area contributed by atoms with Gasteiger partial charge in [0.25, 0.3) is 5.91 Å². The predicted octanol–water partition coefficient (Wildman–Crippen LogP) is 2.94. The molecular weight excluding hydrogens is 330 g/mol. The monoisotopic (exact) mass is 353 g/mol. The maximum absolute atomic E-state index is 12.0. The van der Waals surface area contributed by atoms with Crippen molar-refractivity contribution in [3.63, 3.8) is 0 Å². The molecule has 7 heteroatoms. The van der Waals surface area contributed by atoms with Crippen molar-refractivity contribution in [3.8, 4) is 11.4 Å². The first-order valence-electron chi connectivity index (χ1n) is 8.54. The van der Waals surface area contributed by atoms with E-state index in [0.29, 0.717) is 28.1 Å². The first-order chi connectivity index (χ1) is 12.3. The number of aromatic hydroxyl groups is 1.